The first kappa shape index (κ1) is 12.6. The second kappa shape index (κ2) is 5.21. The van der Waals surface area contributed by atoms with Crippen LogP contribution in [0.3, 0.4) is 0 Å². The Morgan fingerprint density at radius 1 is 1.17 bits per heavy atom. The molecule has 0 aliphatic rings. The van der Waals surface area contributed by atoms with Crippen LogP contribution in [0.1, 0.15) is 30.9 Å². The van der Waals surface area contributed by atoms with Gasteiger partial charge in [0.1, 0.15) is 11.6 Å². The lowest BCUT2D eigenvalue weighted by atomic mass is 10.2. The van der Waals surface area contributed by atoms with Crippen molar-refractivity contribution >= 4 is 5.82 Å². The molecule has 4 heteroatoms. The molecule has 0 aromatic carbocycles. The zero-order valence-corrected chi connectivity index (χ0v) is 11.4. The molecule has 96 valence electrons. The van der Waals surface area contributed by atoms with E-state index in [4.69, 9.17) is 4.42 Å². The molecule has 0 spiro atoms. The van der Waals surface area contributed by atoms with E-state index < -0.39 is 0 Å². The van der Waals surface area contributed by atoms with Gasteiger partial charge in [-0.2, -0.15) is 0 Å². The molecule has 0 unspecified atom stereocenters. The third-order valence-corrected chi connectivity index (χ3v) is 2.96. The largest absolute Gasteiger partial charge is 0.458 e. The van der Waals surface area contributed by atoms with E-state index in [1.807, 2.05) is 26.0 Å². The molecule has 0 saturated heterocycles. The second-order valence-electron chi connectivity index (χ2n) is 4.26. The summed E-state index contributed by atoms with van der Waals surface area (Å²) in [6.45, 7) is 8.98. The van der Waals surface area contributed by atoms with Gasteiger partial charge in [-0.15, -0.1) is 0 Å². The molecule has 2 rings (SSSR count). The molecular weight excluding hydrogens is 226 g/mol. The van der Waals surface area contributed by atoms with Crippen molar-refractivity contribution in [2.75, 3.05) is 11.9 Å². The minimum Gasteiger partial charge on any atom is -0.458 e. The maximum atomic E-state index is 5.69. The zero-order valence-electron chi connectivity index (χ0n) is 11.4. The Morgan fingerprint density at radius 3 is 2.56 bits per heavy atom. The molecule has 0 saturated carbocycles. The van der Waals surface area contributed by atoms with Crippen LogP contribution in [-0.4, -0.2) is 16.5 Å². The average molecular weight is 245 g/mol. The summed E-state index contributed by atoms with van der Waals surface area (Å²) in [5, 5.41) is 3.25. The maximum Gasteiger partial charge on any atom is 0.197 e. The Labute approximate surface area is 107 Å². The first-order chi connectivity index (χ1) is 8.65. The fourth-order valence-electron chi connectivity index (χ4n) is 1.77. The number of nitrogens with zero attached hydrogens (tertiary/aromatic N) is 2. The highest BCUT2D eigenvalue weighted by Crippen LogP contribution is 2.23. The molecule has 1 N–H and O–H groups in total. The van der Waals surface area contributed by atoms with Crippen LogP contribution in [0.25, 0.3) is 11.6 Å². The van der Waals surface area contributed by atoms with Gasteiger partial charge in [-0.1, -0.05) is 6.92 Å². The number of aryl methyl sites for hydroxylation is 2. The Kier molecular flexibility index (Phi) is 3.65. The summed E-state index contributed by atoms with van der Waals surface area (Å²) in [4.78, 5) is 9.01. The molecule has 0 radical (unpaired) electrons. The van der Waals surface area contributed by atoms with Crippen molar-refractivity contribution in [3.05, 3.63) is 29.2 Å². The van der Waals surface area contributed by atoms with Gasteiger partial charge < -0.3 is 9.73 Å². The van der Waals surface area contributed by atoms with E-state index in [1.165, 1.54) is 0 Å². The van der Waals surface area contributed by atoms with Gasteiger partial charge in [0.2, 0.25) is 0 Å². The van der Waals surface area contributed by atoms with Crippen molar-refractivity contribution in [1.29, 1.82) is 0 Å². The standard InChI is InChI=1S/C14H19N3O/c1-5-11-7-8-12(18-11)14-16-10(4)9(3)13(17-14)15-6-2/h7-8H,5-6H2,1-4H3,(H,15,16,17). The van der Waals surface area contributed by atoms with E-state index in [2.05, 4.69) is 29.1 Å². The third-order valence-electron chi connectivity index (χ3n) is 2.96. The molecule has 0 amide bonds. The number of rotatable bonds is 4. The highest BCUT2D eigenvalue weighted by atomic mass is 16.3. The SMILES string of the molecule is CCNc1nc(-c2ccc(CC)o2)nc(C)c1C. The monoisotopic (exact) mass is 245 g/mol. The van der Waals surface area contributed by atoms with E-state index in [9.17, 15) is 0 Å². The molecule has 0 aliphatic carbocycles. The summed E-state index contributed by atoms with van der Waals surface area (Å²) in [6.07, 6.45) is 0.880. The highest BCUT2D eigenvalue weighted by Gasteiger charge is 2.12. The molecule has 4 nitrogen and oxygen atoms in total. The minimum atomic E-state index is 0.647. The van der Waals surface area contributed by atoms with Gasteiger partial charge in [-0.3, -0.25) is 0 Å². The molecule has 0 fully saturated rings. The van der Waals surface area contributed by atoms with Gasteiger partial charge in [-0.25, -0.2) is 9.97 Å². The van der Waals surface area contributed by atoms with E-state index in [1.54, 1.807) is 0 Å². The van der Waals surface area contributed by atoms with E-state index in [-0.39, 0.29) is 0 Å². The second-order valence-corrected chi connectivity index (χ2v) is 4.26. The van der Waals surface area contributed by atoms with Crippen LogP contribution >= 0.6 is 0 Å². The van der Waals surface area contributed by atoms with Crippen molar-refractivity contribution in [2.24, 2.45) is 0 Å². The molecule has 18 heavy (non-hydrogen) atoms. The predicted octanol–water partition coefficient (Wildman–Crippen LogP) is 3.35. The van der Waals surface area contributed by atoms with Gasteiger partial charge in [0.05, 0.1) is 0 Å². The van der Waals surface area contributed by atoms with Crippen molar-refractivity contribution in [3.8, 4) is 11.6 Å². The normalized spacial score (nSPS) is 10.7. The Hall–Kier alpha value is -1.84. The lowest BCUT2D eigenvalue weighted by Crippen LogP contribution is -2.05. The zero-order chi connectivity index (χ0) is 13.1. The maximum absolute atomic E-state index is 5.69. The van der Waals surface area contributed by atoms with Crippen LogP contribution < -0.4 is 5.32 Å². The Balaban J connectivity index is 2.44. The van der Waals surface area contributed by atoms with Gasteiger partial charge in [0.25, 0.3) is 0 Å². The van der Waals surface area contributed by atoms with Crippen LogP contribution in [0.4, 0.5) is 5.82 Å². The number of nitrogens with one attached hydrogen (secondary N) is 1. The van der Waals surface area contributed by atoms with Gasteiger partial charge in [-0.05, 0) is 32.9 Å². The molecule has 0 bridgehead atoms. The predicted molar refractivity (Wildman–Crippen MR) is 72.7 cm³/mol. The molecule has 0 aliphatic heterocycles. The van der Waals surface area contributed by atoms with Gasteiger partial charge >= 0.3 is 0 Å². The van der Waals surface area contributed by atoms with E-state index >= 15 is 0 Å². The quantitative estimate of drug-likeness (QED) is 0.897. The fraction of sp³-hybridized carbons (Fsp3) is 0.429. The minimum absolute atomic E-state index is 0.647. The number of hydrogen-bond donors (Lipinski definition) is 1. The first-order valence-electron chi connectivity index (χ1n) is 6.33. The van der Waals surface area contributed by atoms with Crippen LogP contribution in [-0.2, 0) is 6.42 Å². The van der Waals surface area contributed by atoms with Crippen LogP contribution in [0.15, 0.2) is 16.5 Å². The van der Waals surface area contributed by atoms with Gasteiger partial charge in [0.15, 0.2) is 11.6 Å². The summed E-state index contributed by atoms with van der Waals surface area (Å²) in [5.74, 6) is 3.22. The summed E-state index contributed by atoms with van der Waals surface area (Å²) in [7, 11) is 0. The first-order valence-corrected chi connectivity index (χ1v) is 6.33. The van der Waals surface area contributed by atoms with E-state index in [0.717, 1.165) is 41.6 Å². The number of hydrogen-bond acceptors (Lipinski definition) is 4. The number of anilines is 1. The smallest absolute Gasteiger partial charge is 0.197 e. The fourth-order valence-corrected chi connectivity index (χ4v) is 1.77. The van der Waals surface area contributed by atoms with Crippen LogP contribution in [0.2, 0.25) is 0 Å². The summed E-state index contributed by atoms with van der Waals surface area (Å²) in [5.41, 5.74) is 2.06. The molecule has 2 heterocycles. The van der Waals surface area contributed by atoms with E-state index in [0.29, 0.717) is 5.82 Å². The average Bonchev–Trinajstić information content (AvgIpc) is 2.83. The molecular formula is C14H19N3O. The molecule has 2 aromatic heterocycles. The van der Waals surface area contributed by atoms with Crippen molar-refractivity contribution in [1.82, 2.24) is 9.97 Å². The third kappa shape index (κ3) is 2.37. The van der Waals surface area contributed by atoms with Crippen LogP contribution in [0, 0.1) is 13.8 Å². The Morgan fingerprint density at radius 2 is 1.94 bits per heavy atom. The summed E-state index contributed by atoms with van der Waals surface area (Å²) in [6, 6.07) is 3.90. The van der Waals surface area contributed by atoms with Crippen LogP contribution in [0.5, 0.6) is 0 Å². The van der Waals surface area contributed by atoms with Crippen molar-refractivity contribution < 1.29 is 4.42 Å². The lowest BCUT2D eigenvalue weighted by molar-refractivity contribution is 0.525. The number of furan rings is 1. The number of aromatic nitrogens is 2. The highest BCUT2D eigenvalue weighted by molar-refractivity contribution is 5.55. The van der Waals surface area contributed by atoms with Crippen molar-refractivity contribution in [2.45, 2.75) is 34.1 Å². The Bertz CT molecular complexity index is 546. The topological polar surface area (TPSA) is 51.0 Å². The molecule has 0 atom stereocenters. The molecule has 2 aromatic rings. The lowest BCUT2D eigenvalue weighted by Gasteiger charge is -2.09. The van der Waals surface area contributed by atoms with Crippen molar-refractivity contribution in [3.63, 3.8) is 0 Å². The van der Waals surface area contributed by atoms with Gasteiger partial charge in [0, 0.05) is 24.2 Å². The summed E-state index contributed by atoms with van der Waals surface area (Å²) >= 11 is 0. The summed E-state index contributed by atoms with van der Waals surface area (Å²) < 4.78 is 5.69.